The molecule has 2 aliphatic rings. The molecular formula is C16H24N2. The van der Waals surface area contributed by atoms with Crippen LogP contribution in [0, 0.1) is 17.8 Å². The van der Waals surface area contributed by atoms with Crippen LogP contribution in [0.25, 0.3) is 0 Å². The fraction of sp³-hybridized carbons (Fsp3) is 0.625. The van der Waals surface area contributed by atoms with Crippen molar-refractivity contribution in [2.75, 3.05) is 26.7 Å². The lowest BCUT2D eigenvalue weighted by molar-refractivity contribution is 0.103. The number of benzene rings is 1. The maximum Gasteiger partial charge on any atom is 0.0233 e. The van der Waals surface area contributed by atoms with Crippen molar-refractivity contribution in [3.63, 3.8) is 0 Å². The van der Waals surface area contributed by atoms with E-state index in [0.717, 1.165) is 24.3 Å². The van der Waals surface area contributed by atoms with E-state index in [0.29, 0.717) is 0 Å². The summed E-state index contributed by atoms with van der Waals surface area (Å²) in [4.78, 5) is 2.67. The van der Waals surface area contributed by atoms with Gasteiger partial charge in [0.15, 0.2) is 0 Å². The molecule has 0 aromatic heterocycles. The summed E-state index contributed by atoms with van der Waals surface area (Å²) in [6, 6.07) is 10.9. The second-order valence-electron chi connectivity index (χ2n) is 6.00. The average Bonchev–Trinajstić information content (AvgIpc) is 2.63. The van der Waals surface area contributed by atoms with E-state index >= 15 is 0 Å². The third kappa shape index (κ3) is 2.45. The lowest BCUT2D eigenvalue weighted by Crippen LogP contribution is -2.44. The molecule has 0 amide bonds. The first-order valence-corrected chi connectivity index (χ1v) is 7.27. The first kappa shape index (κ1) is 12.2. The van der Waals surface area contributed by atoms with Gasteiger partial charge in [0.1, 0.15) is 0 Å². The fourth-order valence-electron chi connectivity index (χ4n) is 3.97. The summed E-state index contributed by atoms with van der Waals surface area (Å²) in [5, 5.41) is 3.38. The van der Waals surface area contributed by atoms with Gasteiger partial charge in [-0.3, -0.25) is 4.90 Å². The Labute approximate surface area is 110 Å². The number of nitrogens with zero attached hydrogens (tertiary/aromatic N) is 1. The summed E-state index contributed by atoms with van der Waals surface area (Å²) in [5.41, 5.74) is 1.46. The quantitative estimate of drug-likeness (QED) is 0.874. The lowest BCUT2D eigenvalue weighted by atomic mass is 9.85. The Morgan fingerprint density at radius 1 is 1.11 bits per heavy atom. The van der Waals surface area contributed by atoms with Gasteiger partial charge in [-0.05, 0) is 49.8 Å². The van der Waals surface area contributed by atoms with Crippen molar-refractivity contribution >= 4 is 0 Å². The molecule has 1 heterocycles. The van der Waals surface area contributed by atoms with Crippen molar-refractivity contribution in [2.45, 2.75) is 19.4 Å². The molecule has 2 unspecified atom stereocenters. The number of hydrogen-bond donors (Lipinski definition) is 1. The number of likely N-dealkylation sites (tertiary alicyclic amines) is 1. The summed E-state index contributed by atoms with van der Waals surface area (Å²) in [6.07, 6.45) is 2.89. The molecule has 1 aromatic rings. The highest BCUT2D eigenvalue weighted by Crippen LogP contribution is 2.41. The van der Waals surface area contributed by atoms with Crippen LogP contribution in [-0.2, 0) is 6.54 Å². The summed E-state index contributed by atoms with van der Waals surface area (Å²) >= 11 is 0. The minimum atomic E-state index is 0.930. The lowest BCUT2D eigenvalue weighted by Gasteiger charge is -2.38. The SMILES string of the molecule is CNCC1C2CCC1CN(Cc1ccccc1)C2. The fourth-order valence-corrected chi connectivity index (χ4v) is 3.97. The summed E-state index contributed by atoms with van der Waals surface area (Å²) in [5.74, 6) is 2.79. The predicted octanol–water partition coefficient (Wildman–Crippen LogP) is 2.36. The Morgan fingerprint density at radius 3 is 2.39 bits per heavy atom. The Balaban J connectivity index is 1.62. The zero-order valence-electron chi connectivity index (χ0n) is 11.3. The minimum absolute atomic E-state index is 0.930. The molecule has 2 heteroatoms. The molecule has 0 radical (unpaired) electrons. The molecule has 2 fully saturated rings. The summed E-state index contributed by atoms with van der Waals surface area (Å²) in [7, 11) is 2.09. The minimum Gasteiger partial charge on any atom is -0.319 e. The molecule has 1 aromatic carbocycles. The van der Waals surface area contributed by atoms with Crippen molar-refractivity contribution < 1.29 is 0 Å². The van der Waals surface area contributed by atoms with Gasteiger partial charge < -0.3 is 5.32 Å². The van der Waals surface area contributed by atoms with E-state index in [1.54, 1.807) is 0 Å². The molecule has 1 aliphatic heterocycles. The summed E-state index contributed by atoms with van der Waals surface area (Å²) in [6.45, 7) is 4.96. The highest BCUT2D eigenvalue weighted by molar-refractivity contribution is 5.14. The maximum atomic E-state index is 3.38. The molecule has 0 spiro atoms. The molecular weight excluding hydrogens is 220 g/mol. The molecule has 3 rings (SSSR count). The van der Waals surface area contributed by atoms with Crippen molar-refractivity contribution in [3.05, 3.63) is 35.9 Å². The van der Waals surface area contributed by atoms with E-state index in [-0.39, 0.29) is 0 Å². The van der Waals surface area contributed by atoms with Gasteiger partial charge in [-0.15, -0.1) is 0 Å². The van der Waals surface area contributed by atoms with Crippen molar-refractivity contribution in [2.24, 2.45) is 17.8 Å². The topological polar surface area (TPSA) is 15.3 Å². The highest BCUT2D eigenvalue weighted by atomic mass is 15.1. The maximum absolute atomic E-state index is 3.38. The molecule has 1 saturated carbocycles. The van der Waals surface area contributed by atoms with Gasteiger partial charge in [0.2, 0.25) is 0 Å². The molecule has 1 saturated heterocycles. The van der Waals surface area contributed by atoms with Crippen molar-refractivity contribution in [1.82, 2.24) is 10.2 Å². The summed E-state index contributed by atoms with van der Waals surface area (Å²) < 4.78 is 0. The smallest absolute Gasteiger partial charge is 0.0233 e. The van der Waals surface area contributed by atoms with Gasteiger partial charge in [-0.1, -0.05) is 30.3 Å². The zero-order valence-corrected chi connectivity index (χ0v) is 11.3. The Bertz CT molecular complexity index is 362. The molecule has 2 atom stereocenters. The molecule has 98 valence electrons. The largest absolute Gasteiger partial charge is 0.319 e. The molecule has 2 bridgehead atoms. The third-order valence-corrected chi connectivity index (χ3v) is 4.79. The highest BCUT2D eigenvalue weighted by Gasteiger charge is 2.41. The number of fused-ring (bicyclic) bond motifs is 2. The standard InChI is InChI=1S/C16H24N2/c1-17-9-16-14-7-8-15(16)12-18(11-14)10-13-5-3-2-4-6-13/h2-6,14-17H,7-12H2,1H3. The Morgan fingerprint density at radius 2 is 1.78 bits per heavy atom. The third-order valence-electron chi connectivity index (χ3n) is 4.79. The van der Waals surface area contributed by atoms with Gasteiger partial charge in [0, 0.05) is 19.6 Å². The first-order valence-electron chi connectivity index (χ1n) is 7.27. The van der Waals surface area contributed by atoms with Crippen LogP contribution in [-0.4, -0.2) is 31.6 Å². The van der Waals surface area contributed by atoms with E-state index in [4.69, 9.17) is 0 Å². The van der Waals surface area contributed by atoms with E-state index in [9.17, 15) is 0 Å². The molecule has 18 heavy (non-hydrogen) atoms. The van der Waals surface area contributed by atoms with Crippen LogP contribution in [0.4, 0.5) is 0 Å². The second kappa shape index (κ2) is 5.41. The number of piperidine rings is 1. The number of rotatable bonds is 4. The van der Waals surface area contributed by atoms with Crippen LogP contribution in [0.2, 0.25) is 0 Å². The number of hydrogen-bond acceptors (Lipinski definition) is 2. The Hall–Kier alpha value is -0.860. The van der Waals surface area contributed by atoms with Gasteiger partial charge >= 0.3 is 0 Å². The monoisotopic (exact) mass is 244 g/mol. The van der Waals surface area contributed by atoms with Gasteiger partial charge in [0.25, 0.3) is 0 Å². The average molecular weight is 244 g/mol. The second-order valence-corrected chi connectivity index (χ2v) is 6.00. The van der Waals surface area contributed by atoms with Gasteiger partial charge in [-0.25, -0.2) is 0 Å². The van der Waals surface area contributed by atoms with Gasteiger partial charge in [0.05, 0.1) is 0 Å². The van der Waals surface area contributed by atoms with Crippen LogP contribution in [0.15, 0.2) is 30.3 Å². The van der Waals surface area contributed by atoms with Crippen LogP contribution in [0.5, 0.6) is 0 Å². The normalized spacial score (nSPS) is 31.7. The van der Waals surface area contributed by atoms with Crippen LogP contribution >= 0.6 is 0 Å². The molecule has 1 aliphatic carbocycles. The van der Waals surface area contributed by atoms with Crippen LogP contribution < -0.4 is 5.32 Å². The van der Waals surface area contributed by atoms with E-state index in [2.05, 4.69) is 47.6 Å². The van der Waals surface area contributed by atoms with Crippen molar-refractivity contribution in [3.8, 4) is 0 Å². The van der Waals surface area contributed by atoms with Crippen molar-refractivity contribution in [1.29, 1.82) is 0 Å². The van der Waals surface area contributed by atoms with Gasteiger partial charge in [-0.2, -0.15) is 0 Å². The van der Waals surface area contributed by atoms with E-state index in [1.165, 1.54) is 38.0 Å². The molecule has 1 N–H and O–H groups in total. The first-order chi connectivity index (χ1) is 8.86. The van der Waals surface area contributed by atoms with Crippen LogP contribution in [0.1, 0.15) is 18.4 Å². The zero-order chi connectivity index (χ0) is 12.4. The van der Waals surface area contributed by atoms with E-state index in [1.807, 2.05) is 0 Å². The predicted molar refractivity (Wildman–Crippen MR) is 75.3 cm³/mol. The number of nitrogens with one attached hydrogen (secondary N) is 1. The van der Waals surface area contributed by atoms with Crippen LogP contribution in [0.3, 0.4) is 0 Å². The Kier molecular flexibility index (Phi) is 3.67. The molecule has 2 nitrogen and oxygen atoms in total. The van der Waals surface area contributed by atoms with E-state index < -0.39 is 0 Å².